The molecule has 0 aliphatic carbocycles. The van der Waals surface area contributed by atoms with Gasteiger partial charge in [-0.2, -0.15) is 0 Å². The number of nitrogens with one attached hydrogen (secondary N) is 1. The molecule has 0 saturated carbocycles. The maximum atomic E-state index is 4.56. The first-order valence-corrected chi connectivity index (χ1v) is 7.76. The van der Waals surface area contributed by atoms with Crippen molar-refractivity contribution in [3.8, 4) is 0 Å². The highest BCUT2D eigenvalue weighted by Crippen LogP contribution is 2.18. The Kier molecular flexibility index (Phi) is 8.01. The van der Waals surface area contributed by atoms with E-state index in [1.165, 1.54) is 31.5 Å². The highest BCUT2D eigenvalue weighted by molar-refractivity contribution is 5.85. The van der Waals surface area contributed by atoms with Gasteiger partial charge in [0.15, 0.2) is 0 Å². The second-order valence-corrected chi connectivity index (χ2v) is 5.84. The summed E-state index contributed by atoms with van der Waals surface area (Å²) in [6, 6.07) is 4.35. The van der Waals surface area contributed by atoms with E-state index in [2.05, 4.69) is 46.2 Å². The van der Waals surface area contributed by atoms with Crippen molar-refractivity contribution >= 4 is 18.2 Å². The number of aromatic nitrogens is 1. The molecule has 1 N–H and O–H groups in total. The third-order valence-electron chi connectivity index (χ3n) is 4.18. The Morgan fingerprint density at radius 1 is 1.43 bits per heavy atom. The Balaban J connectivity index is 0.00000220. The Bertz CT molecular complexity index is 394. The Labute approximate surface area is 135 Å². The van der Waals surface area contributed by atoms with Crippen molar-refractivity contribution < 1.29 is 0 Å². The van der Waals surface area contributed by atoms with Gasteiger partial charge in [-0.25, -0.2) is 4.98 Å². The van der Waals surface area contributed by atoms with E-state index in [1.54, 1.807) is 0 Å². The summed E-state index contributed by atoms with van der Waals surface area (Å²) in [5, 5.41) is 3.30. The van der Waals surface area contributed by atoms with Crippen LogP contribution in [0.3, 0.4) is 0 Å². The molecule has 0 aromatic carbocycles. The molecule has 0 spiro atoms. The average Bonchev–Trinajstić information content (AvgIpc) is 2.48. The maximum Gasteiger partial charge on any atom is 0.128 e. The van der Waals surface area contributed by atoms with E-state index >= 15 is 0 Å². The van der Waals surface area contributed by atoms with Crippen LogP contribution in [0.15, 0.2) is 18.3 Å². The first-order chi connectivity index (χ1) is 9.72. The van der Waals surface area contributed by atoms with Gasteiger partial charge in [-0.1, -0.05) is 6.07 Å². The van der Waals surface area contributed by atoms with Crippen LogP contribution in [-0.2, 0) is 6.54 Å². The zero-order valence-electron chi connectivity index (χ0n) is 13.5. The van der Waals surface area contributed by atoms with Crippen molar-refractivity contribution in [1.29, 1.82) is 0 Å². The van der Waals surface area contributed by atoms with Crippen LogP contribution in [0.1, 0.15) is 25.3 Å². The van der Waals surface area contributed by atoms with Crippen LogP contribution in [-0.4, -0.2) is 50.2 Å². The molecule has 120 valence electrons. The summed E-state index contributed by atoms with van der Waals surface area (Å²) >= 11 is 0. The summed E-state index contributed by atoms with van der Waals surface area (Å²) in [6.07, 6.45) is 4.70. The second kappa shape index (κ2) is 9.23. The third-order valence-corrected chi connectivity index (χ3v) is 4.18. The predicted octanol–water partition coefficient (Wildman–Crippen LogP) is 2.39. The second-order valence-electron chi connectivity index (χ2n) is 5.84. The molecule has 0 radical (unpaired) electrons. The lowest BCUT2D eigenvalue weighted by Crippen LogP contribution is -2.38. The predicted molar refractivity (Wildman–Crippen MR) is 92.4 cm³/mol. The molecule has 0 amide bonds. The fourth-order valence-corrected chi connectivity index (χ4v) is 2.91. The molecule has 1 unspecified atom stereocenters. The Morgan fingerprint density at radius 2 is 2.24 bits per heavy atom. The van der Waals surface area contributed by atoms with E-state index in [0.29, 0.717) is 0 Å². The topological polar surface area (TPSA) is 31.4 Å². The summed E-state index contributed by atoms with van der Waals surface area (Å²) in [7, 11) is 4.13. The van der Waals surface area contributed by atoms with Gasteiger partial charge in [0.25, 0.3) is 0 Å². The number of hydrogen-bond acceptors (Lipinski definition) is 4. The molecule has 1 aromatic rings. The summed E-state index contributed by atoms with van der Waals surface area (Å²) in [5.41, 5.74) is 1.32. The van der Waals surface area contributed by atoms with Crippen molar-refractivity contribution in [3.63, 3.8) is 0 Å². The Morgan fingerprint density at radius 3 is 2.86 bits per heavy atom. The molecule has 1 aliphatic rings. The third kappa shape index (κ3) is 5.46. The number of anilines is 1. The lowest BCUT2D eigenvalue weighted by molar-refractivity contribution is 0.166. The van der Waals surface area contributed by atoms with Gasteiger partial charge in [0.2, 0.25) is 0 Å². The molecule has 21 heavy (non-hydrogen) atoms. The number of piperidine rings is 1. The van der Waals surface area contributed by atoms with Gasteiger partial charge in [0.05, 0.1) is 0 Å². The monoisotopic (exact) mass is 312 g/mol. The number of pyridine rings is 1. The lowest BCUT2D eigenvalue weighted by atomic mass is 9.98. The first kappa shape index (κ1) is 18.2. The fourth-order valence-electron chi connectivity index (χ4n) is 2.91. The molecule has 0 bridgehead atoms. The van der Waals surface area contributed by atoms with Crippen LogP contribution in [0, 0.1) is 5.92 Å². The van der Waals surface area contributed by atoms with E-state index < -0.39 is 0 Å². The largest absolute Gasteiger partial charge is 0.360 e. The minimum atomic E-state index is 0. The molecule has 1 fully saturated rings. The van der Waals surface area contributed by atoms with Crippen LogP contribution in [0.4, 0.5) is 5.82 Å². The smallest absolute Gasteiger partial charge is 0.128 e. The molecule has 1 atom stereocenters. The highest BCUT2D eigenvalue weighted by Gasteiger charge is 2.19. The van der Waals surface area contributed by atoms with Crippen molar-refractivity contribution in [3.05, 3.63) is 23.9 Å². The number of halogens is 1. The molecule has 5 heteroatoms. The van der Waals surface area contributed by atoms with Crippen molar-refractivity contribution in [1.82, 2.24) is 15.2 Å². The summed E-state index contributed by atoms with van der Waals surface area (Å²) < 4.78 is 0. The molecule has 2 heterocycles. The molecule has 2 rings (SSSR count). The lowest BCUT2D eigenvalue weighted by Gasteiger charge is -2.32. The number of likely N-dealkylation sites (tertiary alicyclic amines) is 1. The standard InChI is InChI=1S/C16H28N4.ClH/c1-4-19(3)16-8-7-15(11-18-16)13-20-9-5-6-14(12-20)10-17-2;/h7-8,11,14,17H,4-6,9-10,12-13H2,1-3H3;1H. The molecular formula is C16H29ClN4. The van der Waals surface area contributed by atoms with Gasteiger partial charge in [0, 0.05) is 32.9 Å². The minimum Gasteiger partial charge on any atom is -0.360 e. The number of rotatable bonds is 6. The minimum absolute atomic E-state index is 0. The van der Waals surface area contributed by atoms with Crippen molar-refractivity contribution in [2.45, 2.75) is 26.3 Å². The SMILES string of the molecule is CCN(C)c1ccc(CN2CCCC(CNC)C2)cn1.Cl. The van der Waals surface area contributed by atoms with Gasteiger partial charge in [0.1, 0.15) is 5.82 Å². The van der Waals surface area contributed by atoms with E-state index in [9.17, 15) is 0 Å². The van der Waals surface area contributed by atoms with Gasteiger partial charge >= 0.3 is 0 Å². The van der Waals surface area contributed by atoms with E-state index in [0.717, 1.165) is 31.4 Å². The molecule has 1 aliphatic heterocycles. The zero-order chi connectivity index (χ0) is 14.4. The summed E-state index contributed by atoms with van der Waals surface area (Å²) in [6.45, 7) is 7.72. The Hall–Kier alpha value is -0.840. The van der Waals surface area contributed by atoms with Crippen molar-refractivity contribution in [2.75, 3.05) is 45.2 Å². The van der Waals surface area contributed by atoms with Crippen molar-refractivity contribution in [2.24, 2.45) is 5.92 Å². The van der Waals surface area contributed by atoms with Crippen LogP contribution in [0.5, 0.6) is 0 Å². The van der Waals surface area contributed by atoms with Crippen LogP contribution in [0.2, 0.25) is 0 Å². The fraction of sp³-hybridized carbons (Fsp3) is 0.688. The molecular weight excluding hydrogens is 284 g/mol. The molecule has 1 saturated heterocycles. The maximum absolute atomic E-state index is 4.56. The van der Waals surface area contributed by atoms with Crippen LogP contribution in [0.25, 0.3) is 0 Å². The van der Waals surface area contributed by atoms with Gasteiger partial charge in [-0.3, -0.25) is 4.90 Å². The number of nitrogens with zero attached hydrogens (tertiary/aromatic N) is 3. The molecule has 4 nitrogen and oxygen atoms in total. The van der Waals surface area contributed by atoms with E-state index in [-0.39, 0.29) is 12.4 Å². The first-order valence-electron chi connectivity index (χ1n) is 7.76. The van der Waals surface area contributed by atoms with Gasteiger partial charge < -0.3 is 10.2 Å². The summed E-state index contributed by atoms with van der Waals surface area (Å²) in [4.78, 5) is 9.28. The van der Waals surface area contributed by atoms with Gasteiger partial charge in [-0.15, -0.1) is 12.4 Å². The normalized spacial score (nSPS) is 19.1. The average molecular weight is 313 g/mol. The van der Waals surface area contributed by atoms with E-state index in [1.807, 2.05) is 13.2 Å². The molecule has 1 aromatic heterocycles. The number of hydrogen-bond donors (Lipinski definition) is 1. The van der Waals surface area contributed by atoms with Crippen LogP contribution < -0.4 is 10.2 Å². The quantitative estimate of drug-likeness (QED) is 0.874. The van der Waals surface area contributed by atoms with Crippen LogP contribution >= 0.6 is 12.4 Å². The van der Waals surface area contributed by atoms with Gasteiger partial charge in [-0.05, 0) is 57.5 Å². The highest BCUT2D eigenvalue weighted by atomic mass is 35.5. The summed E-state index contributed by atoms with van der Waals surface area (Å²) in [5.74, 6) is 1.86. The zero-order valence-corrected chi connectivity index (χ0v) is 14.3. The van der Waals surface area contributed by atoms with E-state index in [4.69, 9.17) is 0 Å².